The molecule has 0 aromatic heterocycles. The van der Waals surface area contributed by atoms with Crippen molar-refractivity contribution in [2.45, 2.75) is 26.1 Å². The third kappa shape index (κ3) is 30.1. The molecule has 0 fully saturated rings. The van der Waals surface area contributed by atoms with Gasteiger partial charge in [0.2, 0.25) is 0 Å². The zero-order valence-electron chi connectivity index (χ0n) is 8.61. The second-order valence-electron chi connectivity index (χ2n) is 2.74. The molecule has 4 heteroatoms. The topological polar surface area (TPSA) is 34.1 Å². The van der Waals surface area contributed by atoms with Crippen molar-refractivity contribution in [2.24, 2.45) is 0 Å². The van der Waals surface area contributed by atoms with Crippen LogP contribution in [0.15, 0.2) is 18.2 Å². The summed E-state index contributed by atoms with van der Waals surface area (Å²) in [6, 6.07) is 0. The summed E-state index contributed by atoms with van der Waals surface area (Å²) in [7, 11) is 0.120. The van der Waals surface area contributed by atoms with Crippen LogP contribution < -0.4 is 0 Å². The van der Waals surface area contributed by atoms with E-state index >= 15 is 0 Å². The third-order valence-corrected chi connectivity index (χ3v) is 0.883. The summed E-state index contributed by atoms with van der Waals surface area (Å²) in [5.74, 6) is 0. The fourth-order valence-corrected chi connectivity index (χ4v) is 0.401. The first-order chi connectivity index (χ1) is 6.65. The molecule has 1 rings (SSSR count). The summed E-state index contributed by atoms with van der Waals surface area (Å²) in [6.45, 7) is 6.81. The summed E-state index contributed by atoms with van der Waals surface area (Å²) in [5, 5.41) is 0. The predicted octanol–water partition coefficient (Wildman–Crippen LogP) is 1.88. The van der Waals surface area contributed by atoms with E-state index < -0.39 is 0 Å². The summed E-state index contributed by atoms with van der Waals surface area (Å²) < 4.78 is 0. The molecule has 1 aliphatic rings. The Morgan fingerprint density at radius 3 is 1.86 bits per heavy atom. The van der Waals surface area contributed by atoms with E-state index in [1.807, 2.05) is 12.2 Å². The Labute approximate surface area is 92.6 Å². The van der Waals surface area contributed by atoms with Crippen LogP contribution in [0.4, 0.5) is 0 Å². The van der Waals surface area contributed by atoms with Gasteiger partial charge in [0.05, 0.1) is 0 Å². The van der Waals surface area contributed by atoms with Crippen LogP contribution in [0.3, 0.4) is 0 Å². The molecule has 0 saturated heterocycles. The van der Waals surface area contributed by atoms with E-state index in [4.69, 9.17) is 9.59 Å². The van der Waals surface area contributed by atoms with Crippen molar-refractivity contribution in [3.8, 4) is 0 Å². The van der Waals surface area contributed by atoms with Gasteiger partial charge in [-0.15, -0.1) is 6.42 Å². The van der Waals surface area contributed by atoms with Gasteiger partial charge in [-0.1, -0.05) is 19.6 Å². The van der Waals surface area contributed by atoms with E-state index in [2.05, 4.69) is 31.8 Å². The Morgan fingerprint density at radius 1 is 1.29 bits per heavy atom. The van der Waals surface area contributed by atoms with Gasteiger partial charge >= 0.3 is 33.2 Å². The maximum atomic E-state index is 9.02. The Morgan fingerprint density at radius 2 is 1.79 bits per heavy atom. The quantitative estimate of drug-likeness (QED) is 0.486. The van der Waals surface area contributed by atoms with Crippen LogP contribution in [0.2, 0.25) is 19.6 Å². The van der Waals surface area contributed by atoms with Crippen LogP contribution in [0.1, 0.15) is 6.42 Å². The molecule has 0 heterocycles. The van der Waals surface area contributed by atoms with Gasteiger partial charge in [0.25, 0.3) is 0 Å². The van der Waals surface area contributed by atoms with E-state index in [1.165, 1.54) is 9.57 Å². The first-order valence-corrected chi connectivity index (χ1v) is 8.08. The fourth-order valence-electron chi connectivity index (χ4n) is 0.355. The maximum Gasteiger partial charge on any atom is -0.109 e. The average Bonchev–Trinajstić information content (AvgIpc) is 2.61. The fraction of sp³-hybridized carbons (Fsp3) is 0.400. The normalized spacial score (nSPS) is 10.6. The molecular formula is C10H14FeO2Si-. The number of hydrogen-bond donors (Lipinski definition) is 0. The van der Waals surface area contributed by atoms with Crippen molar-refractivity contribution in [3.05, 3.63) is 24.3 Å². The number of carbonyl (C=O) groups excluding carboxylic acids is 2. The van der Waals surface area contributed by atoms with Crippen molar-refractivity contribution in [3.63, 3.8) is 0 Å². The molecule has 0 atom stereocenters. The van der Waals surface area contributed by atoms with Crippen molar-refractivity contribution in [1.82, 2.24) is 0 Å². The van der Waals surface area contributed by atoms with E-state index in [0.29, 0.717) is 0 Å². The van der Waals surface area contributed by atoms with Crippen LogP contribution >= 0.6 is 0 Å². The second-order valence-corrected chi connectivity index (χ2v) is 6.46. The van der Waals surface area contributed by atoms with Crippen LogP contribution in [0.25, 0.3) is 0 Å². The standard InChI is InChI=1S/C5H5.C3H9Si.2CO.Fe/c1-2-4-5-3-1;1-4(2)3;2*1-2;/h1-3H,4H2;1-3H3;;;/q-1;;;;. The van der Waals surface area contributed by atoms with Gasteiger partial charge in [-0.05, 0) is 0 Å². The molecule has 0 bridgehead atoms. The maximum absolute atomic E-state index is 9.02. The van der Waals surface area contributed by atoms with Crippen molar-refractivity contribution in [1.29, 1.82) is 0 Å². The zero-order chi connectivity index (χ0) is 11.2. The van der Waals surface area contributed by atoms with Gasteiger partial charge < -0.3 is 0 Å². The second kappa shape index (κ2) is 14.9. The Hall–Kier alpha value is -0.624. The molecule has 1 aliphatic carbocycles. The van der Waals surface area contributed by atoms with Crippen LogP contribution in [0.5, 0.6) is 0 Å². The molecule has 0 unspecified atom stereocenters. The molecule has 79 valence electrons. The SMILES string of the molecule is C[Si](C)C.O=[C]=[Fe]=[C]=O.[C-]1=CC=CC1. The van der Waals surface area contributed by atoms with Crippen molar-refractivity contribution >= 4 is 18.4 Å². The molecule has 0 amide bonds. The minimum absolute atomic E-state index is 0.120. The third-order valence-electron chi connectivity index (χ3n) is 0.658. The molecule has 0 spiro atoms. The van der Waals surface area contributed by atoms with E-state index in [-0.39, 0.29) is 22.9 Å². The van der Waals surface area contributed by atoms with Crippen molar-refractivity contribution < 1.29 is 23.7 Å². The monoisotopic (exact) mass is 250 g/mol. The predicted molar refractivity (Wildman–Crippen MR) is 56.3 cm³/mol. The van der Waals surface area contributed by atoms with E-state index in [9.17, 15) is 0 Å². The Kier molecular flexibility index (Phi) is 16.8. The van der Waals surface area contributed by atoms with Crippen LogP contribution in [-0.4, -0.2) is 18.4 Å². The van der Waals surface area contributed by atoms with Crippen LogP contribution in [0, 0.1) is 6.08 Å². The van der Waals surface area contributed by atoms with Gasteiger partial charge in [-0.2, -0.15) is 6.08 Å². The Balaban J connectivity index is 0. The minimum Gasteiger partial charge on any atom is -0.273 e. The first-order valence-electron chi connectivity index (χ1n) is 3.98. The van der Waals surface area contributed by atoms with Gasteiger partial charge in [-0.25, -0.2) is 12.2 Å². The minimum atomic E-state index is -0.222. The molecule has 0 aliphatic heterocycles. The van der Waals surface area contributed by atoms with Crippen LogP contribution in [-0.2, 0) is 23.7 Å². The van der Waals surface area contributed by atoms with Gasteiger partial charge in [-0.3, -0.25) is 6.08 Å². The zero-order valence-corrected chi connectivity index (χ0v) is 10.7. The largest absolute Gasteiger partial charge is 0.273 e. The molecule has 2 nitrogen and oxygen atoms in total. The summed E-state index contributed by atoms with van der Waals surface area (Å²) >= 11 is -0.222. The number of rotatable bonds is 0. The number of hydrogen-bond acceptors (Lipinski definition) is 2. The molecule has 0 aromatic carbocycles. The first kappa shape index (κ1) is 15.8. The van der Waals surface area contributed by atoms with Gasteiger partial charge in [0.15, 0.2) is 0 Å². The summed E-state index contributed by atoms with van der Waals surface area (Å²) in [6.07, 6.45) is 10.0. The average molecular weight is 250 g/mol. The summed E-state index contributed by atoms with van der Waals surface area (Å²) in [4.78, 5) is 20.7. The van der Waals surface area contributed by atoms with Gasteiger partial charge in [0, 0.05) is 8.80 Å². The van der Waals surface area contributed by atoms with Gasteiger partial charge in [0.1, 0.15) is 0 Å². The molecule has 14 heavy (non-hydrogen) atoms. The summed E-state index contributed by atoms with van der Waals surface area (Å²) in [5.41, 5.74) is 0. The number of allylic oxidation sites excluding steroid dienone is 4. The molecular weight excluding hydrogens is 236 g/mol. The Bertz CT molecular complexity index is 254. The van der Waals surface area contributed by atoms with E-state index in [0.717, 1.165) is 6.42 Å². The smallest absolute Gasteiger partial charge is 0.109 e. The van der Waals surface area contributed by atoms with Crippen molar-refractivity contribution in [2.75, 3.05) is 0 Å². The molecule has 1 radical (unpaired) electrons. The molecule has 0 saturated carbocycles. The molecule has 0 N–H and O–H groups in total. The molecule has 0 aromatic rings. The van der Waals surface area contributed by atoms with E-state index in [1.54, 1.807) is 0 Å².